The summed E-state index contributed by atoms with van der Waals surface area (Å²) in [5, 5.41) is 9.71. The third kappa shape index (κ3) is 2.53. The van der Waals surface area contributed by atoms with Gasteiger partial charge in [0.2, 0.25) is 5.91 Å². The van der Waals surface area contributed by atoms with E-state index in [9.17, 15) is 9.90 Å². The molecule has 0 spiro atoms. The SMILES string of the molecule is COc1cccc(C2(C(=O)N3CC[C@@H](O)C3)CCCC2)c1. The average molecular weight is 289 g/mol. The van der Waals surface area contributed by atoms with Gasteiger partial charge in [-0.3, -0.25) is 4.79 Å². The molecule has 4 heteroatoms. The van der Waals surface area contributed by atoms with Crippen molar-refractivity contribution in [2.45, 2.75) is 43.6 Å². The molecule has 3 rings (SSSR count). The summed E-state index contributed by atoms with van der Waals surface area (Å²) in [6, 6.07) is 7.91. The molecule has 21 heavy (non-hydrogen) atoms. The minimum Gasteiger partial charge on any atom is -0.497 e. The van der Waals surface area contributed by atoms with Crippen LogP contribution in [0.25, 0.3) is 0 Å². The predicted molar refractivity (Wildman–Crippen MR) is 80.3 cm³/mol. The van der Waals surface area contributed by atoms with Crippen molar-refractivity contribution in [3.05, 3.63) is 29.8 Å². The van der Waals surface area contributed by atoms with E-state index in [1.54, 1.807) is 7.11 Å². The molecule has 2 aliphatic rings. The fraction of sp³-hybridized carbons (Fsp3) is 0.588. The van der Waals surface area contributed by atoms with Gasteiger partial charge in [0.25, 0.3) is 0 Å². The first-order valence-electron chi connectivity index (χ1n) is 7.78. The number of β-amino-alcohol motifs (C(OH)–C–C–N with tert-alkyl or cyclic N) is 1. The first kappa shape index (κ1) is 14.4. The van der Waals surface area contributed by atoms with Gasteiger partial charge in [-0.15, -0.1) is 0 Å². The lowest BCUT2D eigenvalue weighted by Crippen LogP contribution is -2.44. The second-order valence-corrected chi connectivity index (χ2v) is 6.21. The zero-order chi connectivity index (χ0) is 14.9. The van der Waals surface area contributed by atoms with Crippen molar-refractivity contribution in [1.29, 1.82) is 0 Å². The van der Waals surface area contributed by atoms with E-state index in [2.05, 4.69) is 0 Å². The van der Waals surface area contributed by atoms with Crippen molar-refractivity contribution in [3.8, 4) is 5.75 Å². The summed E-state index contributed by atoms with van der Waals surface area (Å²) in [5.41, 5.74) is 0.643. The topological polar surface area (TPSA) is 49.8 Å². The number of ether oxygens (including phenoxy) is 1. The highest BCUT2D eigenvalue weighted by molar-refractivity contribution is 5.89. The maximum Gasteiger partial charge on any atom is 0.233 e. The van der Waals surface area contributed by atoms with Crippen LogP contribution in [0.15, 0.2) is 24.3 Å². The molecule has 0 bridgehead atoms. The number of benzene rings is 1. The summed E-state index contributed by atoms with van der Waals surface area (Å²) >= 11 is 0. The molecule has 1 aliphatic carbocycles. The molecule has 0 aromatic heterocycles. The lowest BCUT2D eigenvalue weighted by atomic mass is 9.77. The molecule has 0 unspecified atom stereocenters. The van der Waals surface area contributed by atoms with E-state index in [0.29, 0.717) is 19.5 Å². The molecule has 1 amide bonds. The van der Waals surface area contributed by atoms with Crippen LogP contribution in [0.1, 0.15) is 37.7 Å². The van der Waals surface area contributed by atoms with E-state index in [0.717, 1.165) is 37.0 Å². The molecular formula is C17H23NO3. The monoisotopic (exact) mass is 289 g/mol. The van der Waals surface area contributed by atoms with Crippen molar-refractivity contribution in [1.82, 2.24) is 4.90 Å². The van der Waals surface area contributed by atoms with Gasteiger partial charge < -0.3 is 14.7 Å². The lowest BCUT2D eigenvalue weighted by molar-refractivity contribution is -0.136. The number of likely N-dealkylation sites (tertiary alicyclic amines) is 1. The smallest absolute Gasteiger partial charge is 0.233 e. The number of hydrogen-bond acceptors (Lipinski definition) is 3. The number of nitrogens with zero attached hydrogens (tertiary/aromatic N) is 1. The molecule has 1 saturated carbocycles. The number of methoxy groups -OCH3 is 1. The number of amides is 1. The molecule has 2 fully saturated rings. The van der Waals surface area contributed by atoms with Gasteiger partial charge in [-0.25, -0.2) is 0 Å². The molecule has 1 atom stereocenters. The van der Waals surface area contributed by atoms with Crippen molar-refractivity contribution < 1.29 is 14.6 Å². The molecule has 1 saturated heterocycles. The third-order valence-electron chi connectivity index (χ3n) is 4.94. The number of aliphatic hydroxyl groups excluding tert-OH is 1. The minimum absolute atomic E-state index is 0.185. The summed E-state index contributed by atoms with van der Waals surface area (Å²) in [4.78, 5) is 14.9. The molecule has 1 aliphatic heterocycles. The molecule has 4 nitrogen and oxygen atoms in total. The van der Waals surface area contributed by atoms with Crippen molar-refractivity contribution in [2.75, 3.05) is 20.2 Å². The Morgan fingerprint density at radius 2 is 2.14 bits per heavy atom. The summed E-state index contributed by atoms with van der Waals surface area (Å²) in [6.07, 6.45) is 4.29. The quantitative estimate of drug-likeness (QED) is 0.927. The lowest BCUT2D eigenvalue weighted by Gasteiger charge is -2.33. The van der Waals surface area contributed by atoms with Gasteiger partial charge in [-0.05, 0) is 37.0 Å². The first-order valence-corrected chi connectivity index (χ1v) is 7.78. The third-order valence-corrected chi connectivity index (χ3v) is 4.94. The van der Waals surface area contributed by atoms with Crippen LogP contribution >= 0.6 is 0 Å². The van der Waals surface area contributed by atoms with Crippen LogP contribution in [0.2, 0.25) is 0 Å². The molecule has 1 aromatic rings. The average Bonchev–Trinajstić information content (AvgIpc) is 3.16. The van der Waals surface area contributed by atoms with Crippen LogP contribution in [0.5, 0.6) is 5.75 Å². The van der Waals surface area contributed by atoms with E-state index in [4.69, 9.17) is 4.74 Å². The Kier molecular flexibility index (Phi) is 3.89. The summed E-state index contributed by atoms with van der Waals surface area (Å²) in [6.45, 7) is 1.15. The second kappa shape index (κ2) is 5.68. The summed E-state index contributed by atoms with van der Waals surface area (Å²) in [5.74, 6) is 0.984. The van der Waals surface area contributed by atoms with E-state index < -0.39 is 5.41 Å². The summed E-state index contributed by atoms with van der Waals surface area (Å²) in [7, 11) is 1.65. The largest absolute Gasteiger partial charge is 0.497 e. The first-order chi connectivity index (χ1) is 10.2. The Morgan fingerprint density at radius 1 is 1.38 bits per heavy atom. The molecule has 114 valence electrons. The van der Waals surface area contributed by atoms with Crippen LogP contribution in [-0.2, 0) is 10.2 Å². The highest BCUT2D eigenvalue weighted by Gasteiger charge is 2.46. The number of aliphatic hydroxyl groups is 1. The Morgan fingerprint density at radius 3 is 2.76 bits per heavy atom. The van der Waals surface area contributed by atoms with Crippen LogP contribution in [-0.4, -0.2) is 42.2 Å². The van der Waals surface area contributed by atoms with Crippen molar-refractivity contribution in [3.63, 3.8) is 0 Å². The molecule has 1 N–H and O–H groups in total. The van der Waals surface area contributed by atoms with Gasteiger partial charge >= 0.3 is 0 Å². The number of carbonyl (C=O) groups is 1. The number of carbonyl (C=O) groups excluding carboxylic acids is 1. The predicted octanol–water partition coefficient (Wildman–Crippen LogP) is 2.10. The highest BCUT2D eigenvalue weighted by Crippen LogP contribution is 2.44. The number of rotatable bonds is 3. The van der Waals surface area contributed by atoms with Crippen LogP contribution in [0, 0.1) is 0 Å². The molecule has 0 radical (unpaired) electrons. The van der Waals surface area contributed by atoms with Crippen LogP contribution in [0.3, 0.4) is 0 Å². The van der Waals surface area contributed by atoms with Crippen molar-refractivity contribution in [2.24, 2.45) is 0 Å². The Bertz CT molecular complexity index is 523. The molecule has 1 aromatic carbocycles. The molecule has 1 heterocycles. The van der Waals surface area contributed by atoms with E-state index in [1.807, 2.05) is 29.2 Å². The zero-order valence-electron chi connectivity index (χ0n) is 12.5. The van der Waals surface area contributed by atoms with Gasteiger partial charge in [0.05, 0.1) is 18.6 Å². The van der Waals surface area contributed by atoms with Gasteiger partial charge in [0.15, 0.2) is 0 Å². The Labute approximate surface area is 125 Å². The van der Waals surface area contributed by atoms with Gasteiger partial charge in [-0.1, -0.05) is 25.0 Å². The van der Waals surface area contributed by atoms with Gasteiger partial charge in [-0.2, -0.15) is 0 Å². The van der Waals surface area contributed by atoms with Gasteiger partial charge in [0.1, 0.15) is 5.75 Å². The normalized spacial score (nSPS) is 24.3. The fourth-order valence-corrected chi connectivity index (χ4v) is 3.75. The second-order valence-electron chi connectivity index (χ2n) is 6.21. The van der Waals surface area contributed by atoms with Gasteiger partial charge in [0, 0.05) is 13.1 Å². The van der Waals surface area contributed by atoms with E-state index in [-0.39, 0.29) is 12.0 Å². The zero-order valence-corrected chi connectivity index (χ0v) is 12.5. The van der Waals surface area contributed by atoms with Crippen LogP contribution < -0.4 is 4.74 Å². The Hall–Kier alpha value is -1.55. The molecular weight excluding hydrogens is 266 g/mol. The van der Waals surface area contributed by atoms with Crippen molar-refractivity contribution >= 4 is 5.91 Å². The number of hydrogen-bond donors (Lipinski definition) is 1. The fourth-order valence-electron chi connectivity index (χ4n) is 3.75. The Balaban J connectivity index is 1.93. The minimum atomic E-state index is -0.418. The standard InChI is InChI=1S/C17H23NO3/c1-21-15-6-4-5-13(11-15)17(8-2-3-9-17)16(20)18-10-7-14(19)12-18/h4-6,11,14,19H,2-3,7-10,12H2,1H3/t14-/m1/s1. The maximum atomic E-state index is 13.1. The summed E-state index contributed by atoms with van der Waals surface area (Å²) < 4.78 is 5.32. The van der Waals surface area contributed by atoms with E-state index in [1.165, 1.54) is 0 Å². The highest BCUT2D eigenvalue weighted by atomic mass is 16.5. The van der Waals surface area contributed by atoms with E-state index >= 15 is 0 Å². The van der Waals surface area contributed by atoms with Crippen LogP contribution in [0.4, 0.5) is 0 Å². The maximum absolute atomic E-state index is 13.1.